The molecule has 0 saturated heterocycles. The van der Waals surface area contributed by atoms with E-state index in [0.717, 1.165) is 17.9 Å². The van der Waals surface area contributed by atoms with Gasteiger partial charge in [0.1, 0.15) is 5.82 Å². The van der Waals surface area contributed by atoms with Crippen LogP contribution in [0.3, 0.4) is 0 Å². The fourth-order valence-corrected chi connectivity index (χ4v) is 0.979. The van der Waals surface area contributed by atoms with E-state index in [-0.39, 0.29) is 0 Å². The zero-order valence-electron chi connectivity index (χ0n) is 7.79. The topological polar surface area (TPSA) is 35.0 Å². The van der Waals surface area contributed by atoms with Crippen LogP contribution >= 0.6 is 0 Å². The molecule has 0 radical (unpaired) electrons. The van der Waals surface area contributed by atoms with Gasteiger partial charge in [-0.3, -0.25) is 0 Å². The van der Waals surface area contributed by atoms with Crippen LogP contribution < -0.4 is 4.74 Å². The van der Waals surface area contributed by atoms with E-state index in [1.165, 1.54) is 0 Å². The molecule has 0 bridgehead atoms. The van der Waals surface area contributed by atoms with Gasteiger partial charge in [0, 0.05) is 18.2 Å². The van der Waals surface area contributed by atoms with Gasteiger partial charge in [-0.25, -0.2) is 4.98 Å². The molecule has 0 fully saturated rings. The van der Waals surface area contributed by atoms with Crippen molar-refractivity contribution in [1.29, 1.82) is 0 Å². The number of rotatable bonds is 3. The molecule has 0 N–H and O–H groups in total. The molecule has 0 aromatic carbocycles. The molecule has 1 aromatic heterocycles. The molecule has 3 heteroatoms. The van der Waals surface area contributed by atoms with Crippen LogP contribution in [-0.4, -0.2) is 16.6 Å². The first-order valence-electron chi connectivity index (χ1n) is 4.23. The first kappa shape index (κ1) is 8.97. The lowest BCUT2D eigenvalue weighted by Crippen LogP contribution is -2.00. The van der Waals surface area contributed by atoms with Crippen molar-refractivity contribution in [2.24, 2.45) is 0 Å². The predicted molar refractivity (Wildman–Crippen MR) is 47.3 cm³/mol. The largest absolute Gasteiger partial charge is 0.478 e. The van der Waals surface area contributed by atoms with E-state index in [9.17, 15) is 0 Å². The molecular weight excluding hydrogens is 152 g/mol. The van der Waals surface area contributed by atoms with E-state index in [4.69, 9.17) is 4.74 Å². The Morgan fingerprint density at radius 1 is 1.33 bits per heavy atom. The molecule has 1 aromatic rings. The third-order valence-electron chi connectivity index (χ3n) is 1.49. The lowest BCUT2D eigenvalue weighted by atomic mass is 10.4. The van der Waals surface area contributed by atoms with Crippen molar-refractivity contribution in [2.75, 3.05) is 6.61 Å². The average Bonchev–Trinajstić information content (AvgIpc) is 2.04. The summed E-state index contributed by atoms with van der Waals surface area (Å²) in [6.07, 6.45) is 0.849. The summed E-state index contributed by atoms with van der Waals surface area (Å²) in [5.41, 5.74) is 0.963. The minimum atomic E-state index is 0.652. The Balaban J connectivity index is 2.90. The van der Waals surface area contributed by atoms with Gasteiger partial charge < -0.3 is 4.74 Å². The fourth-order valence-electron chi connectivity index (χ4n) is 0.979. The highest BCUT2D eigenvalue weighted by atomic mass is 16.5. The van der Waals surface area contributed by atoms with Crippen molar-refractivity contribution in [2.45, 2.75) is 27.2 Å². The molecule has 66 valence electrons. The van der Waals surface area contributed by atoms with Crippen molar-refractivity contribution < 1.29 is 4.74 Å². The molecule has 0 aliphatic heterocycles. The van der Waals surface area contributed by atoms with Gasteiger partial charge in [0.25, 0.3) is 0 Å². The second kappa shape index (κ2) is 4.04. The van der Waals surface area contributed by atoms with Crippen LogP contribution in [0, 0.1) is 6.92 Å². The molecule has 0 atom stereocenters. The summed E-state index contributed by atoms with van der Waals surface area (Å²) in [6.45, 7) is 6.58. The molecular formula is C9H14N2O. The third-order valence-corrected chi connectivity index (χ3v) is 1.49. The Kier molecular flexibility index (Phi) is 3.02. The smallest absolute Gasteiger partial charge is 0.216 e. The van der Waals surface area contributed by atoms with Gasteiger partial charge in [0.05, 0.1) is 6.61 Å². The van der Waals surface area contributed by atoms with Crippen LogP contribution in [0.5, 0.6) is 5.88 Å². The van der Waals surface area contributed by atoms with Crippen molar-refractivity contribution in [3.8, 4) is 5.88 Å². The second-order valence-electron chi connectivity index (χ2n) is 2.55. The summed E-state index contributed by atoms with van der Waals surface area (Å²) in [5.74, 6) is 1.53. The normalized spacial score (nSPS) is 9.92. The maximum absolute atomic E-state index is 5.28. The average molecular weight is 166 g/mol. The van der Waals surface area contributed by atoms with Crippen molar-refractivity contribution in [3.05, 3.63) is 17.6 Å². The molecule has 1 rings (SSSR count). The van der Waals surface area contributed by atoms with Crippen LogP contribution in [0.15, 0.2) is 6.07 Å². The fraction of sp³-hybridized carbons (Fsp3) is 0.556. The number of aromatic nitrogens is 2. The lowest BCUT2D eigenvalue weighted by molar-refractivity contribution is 0.324. The zero-order chi connectivity index (χ0) is 8.97. The molecule has 12 heavy (non-hydrogen) atoms. The molecule has 0 aliphatic rings. The molecule has 0 spiro atoms. The number of nitrogens with zero attached hydrogens (tertiary/aromatic N) is 2. The van der Waals surface area contributed by atoms with Crippen LogP contribution in [0.4, 0.5) is 0 Å². The summed E-state index contributed by atoms with van der Waals surface area (Å²) in [4.78, 5) is 8.45. The Hall–Kier alpha value is -1.12. The quantitative estimate of drug-likeness (QED) is 0.686. The van der Waals surface area contributed by atoms with Crippen LogP contribution in [0.2, 0.25) is 0 Å². The maximum atomic E-state index is 5.28. The Labute approximate surface area is 72.8 Å². The van der Waals surface area contributed by atoms with Gasteiger partial charge in [0.2, 0.25) is 5.88 Å². The molecule has 1 heterocycles. The van der Waals surface area contributed by atoms with Gasteiger partial charge in [-0.15, -0.1) is 0 Å². The predicted octanol–water partition coefficient (Wildman–Crippen LogP) is 1.75. The van der Waals surface area contributed by atoms with Gasteiger partial charge in [-0.2, -0.15) is 4.98 Å². The molecule has 0 aliphatic carbocycles. The van der Waals surface area contributed by atoms with Crippen molar-refractivity contribution >= 4 is 0 Å². The minimum absolute atomic E-state index is 0.652. The first-order chi connectivity index (χ1) is 5.76. The monoisotopic (exact) mass is 166 g/mol. The van der Waals surface area contributed by atoms with Crippen molar-refractivity contribution in [3.63, 3.8) is 0 Å². The first-order valence-corrected chi connectivity index (χ1v) is 4.23. The van der Waals surface area contributed by atoms with E-state index in [2.05, 4.69) is 9.97 Å². The number of hydrogen-bond acceptors (Lipinski definition) is 3. The highest BCUT2D eigenvalue weighted by Gasteiger charge is 1.99. The van der Waals surface area contributed by atoms with Crippen LogP contribution in [-0.2, 0) is 6.42 Å². The Morgan fingerprint density at radius 2 is 2.08 bits per heavy atom. The maximum Gasteiger partial charge on any atom is 0.216 e. The second-order valence-corrected chi connectivity index (χ2v) is 2.55. The highest BCUT2D eigenvalue weighted by Crippen LogP contribution is 2.08. The van der Waals surface area contributed by atoms with Gasteiger partial charge in [-0.1, -0.05) is 6.92 Å². The Morgan fingerprint density at radius 3 is 2.67 bits per heavy atom. The summed E-state index contributed by atoms with van der Waals surface area (Å²) in [7, 11) is 0. The summed E-state index contributed by atoms with van der Waals surface area (Å²) < 4.78 is 5.28. The Bertz CT molecular complexity index is 261. The van der Waals surface area contributed by atoms with E-state index >= 15 is 0 Å². The number of hydrogen-bond donors (Lipinski definition) is 0. The SMILES string of the molecule is CCOc1cc(C)nc(CC)n1. The minimum Gasteiger partial charge on any atom is -0.478 e. The van der Waals surface area contributed by atoms with Gasteiger partial charge in [0.15, 0.2) is 0 Å². The van der Waals surface area contributed by atoms with Gasteiger partial charge in [-0.05, 0) is 13.8 Å². The van der Waals surface area contributed by atoms with Gasteiger partial charge >= 0.3 is 0 Å². The third kappa shape index (κ3) is 2.19. The van der Waals surface area contributed by atoms with Crippen LogP contribution in [0.25, 0.3) is 0 Å². The zero-order valence-corrected chi connectivity index (χ0v) is 7.79. The summed E-state index contributed by atoms with van der Waals surface area (Å²) >= 11 is 0. The van der Waals surface area contributed by atoms with Crippen LogP contribution in [0.1, 0.15) is 25.4 Å². The van der Waals surface area contributed by atoms with E-state index in [1.807, 2.05) is 26.8 Å². The van der Waals surface area contributed by atoms with E-state index in [1.54, 1.807) is 0 Å². The standard InChI is InChI=1S/C9H14N2O/c1-4-8-10-7(3)6-9(11-8)12-5-2/h6H,4-5H2,1-3H3. The summed E-state index contributed by atoms with van der Waals surface area (Å²) in [5, 5.41) is 0. The van der Waals surface area contributed by atoms with E-state index in [0.29, 0.717) is 12.5 Å². The molecule has 0 unspecified atom stereocenters. The lowest BCUT2D eigenvalue weighted by Gasteiger charge is -2.04. The van der Waals surface area contributed by atoms with Crippen molar-refractivity contribution in [1.82, 2.24) is 9.97 Å². The molecule has 0 amide bonds. The van der Waals surface area contributed by atoms with E-state index < -0.39 is 0 Å². The number of aryl methyl sites for hydroxylation is 2. The summed E-state index contributed by atoms with van der Waals surface area (Å²) in [6, 6.07) is 1.85. The number of ether oxygens (including phenoxy) is 1. The highest BCUT2D eigenvalue weighted by molar-refractivity contribution is 5.15. The molecule has 0 saturated carbocycles. The molecule has 3 nitrogen and oxygen atoms in total.